The van der Waals surface area contributed by atoms with Gasteiger partial charge in [-0.3, -0.25) is 0 Å². The molecule has 0 unspecified atom stereocenters. The molecule has 4 heteroatoms. The van der Waals surface area contributed by atoms with Crippen LogP contribution in [0, 0.1) is 6.92 Å². The Hall–Kier alpha value is -2.75. The summed E-state index contributed by atoms with van der Waals surface area (Å²) in [5.41, 5.74) is 3.74. The van der Waals surface area contributed by atoms with Crippen LogP contribution in [0.25, 0.3) is 11.6 Å². The first-order valence-corrected chi connectivity index (χ1v) is 7.29. The predicted molar refractivity (Wildman–Crippen MR) is 94.0 cm³/mol. The summed E-state index contributed by atoms with van der Waals surface area (Å²) < 4.78 is 5.22. The van der Waals surface area contributed by atoms with Gasteiger partial charge in [0.25, 0.3) is 0 Å². The summed E-state index contributed by atoms with van der Waals surface area (Å²) in [5, 5.41) is 9.54. The van der Waals surface area contributed by atoms with Gasteiger partial charge in [-0.2, -0.15) is 0 Å². The number of hydrogen-bond donors (Lipinski definition) is 1. The number of aliphatic carboxylic acids is 1. The zero-order valence-corrected chi connectivity index (χ0v) is 13.8. The lowest BCUT2D eigenvalue weighted by Gasteiger charge is -2.12. The lowest BCUT2D eigenvalue weighted by Crippen LogP contribution is -2.08. The smallest absolute Gasteiger partial charge is 0.336 e. The molecule has 0 atom stereocenters. The minimum Gasteiger partial charge on any atom is -0.496 e. The fourth-order valence-corrected chi connectivity index (χ4v) is 2.35. The monoisotopic (exact) mass is 311 g/mol. The molecule has 2 aromatic carbocycles. The second kappa shape index (κ2) is 7.01. The van der Waals surface area contributed by atoms with E-state index in [0.29, 0.717) is 5.56 Å². The van der Waals surface area contributed by atoms with E-state index in [1.165, 1.54) is 0 Å². The van der Waals surface area contributed by atoms with Crippen molar-refractivity contribution in [3.63, 3.8) is 0 Å². The van der Waals surface area contributed by atoms with Crippen molar-refractivity contribution in [2.75, 3.05) is 26.1 Å². The Morgan fingerprint density at radius 1 is 1.13 bits per heavy atom. The molecule has 23 heavy (non-hydrogen) atoms. The van der Waals surface area contributed by atoms with E-state index in [1.807, 2.05) is 56.3 Å². The third-order valence-electron chi connectivity index (χ3n) is 3.66. The summed E-state index contributed by atoms with van der Waals surface area (Å²) in [6.45, 7) is 1.90. The van der Waals surface area contributed by atoms with Gasteiger partial charge in [0.15, 0.2) is 0 Å². The Kier molecular flexibility index (Phi) is 5.06. The number of aryl methyl sites for hydroxylation is 1. The molecule has 0 aliphatic rings. The Morgan fingerprint density at radius 3 is 2.26 bits per heavy atom. The van der Waals surface area contributed by atoms with Gasteiger partial charge in [-0.15, -0.1) is 0 Å². The molecule has 0 amide bonds. The number of rotatable bonds is 5. The number of methoxy groups -OCH3 is 1. The van der Waals surface area contributed by atoms with Crippen molar-refractivity contribution in [2.24, 2.45) is 0 Å². The van der Waals surface area contributed by atoms with E-state index in [0.717, 1.165) is 22.6 Å². The maximum absolute atomic E-state index is 11.6. The summed E-state index contributed by atoms with van der Waals surface area (Å²) in [6, 6.07) is 13.1. The van der Waals surface area contributed by atoms with Crippen LogP contribution < -0.4 is 9.64 Å². The van der Waals surface area contributed by atoms with Crippen LogP contribution in [0.4, 0.5) is 5.69 Å². The second-order valence-electron chi connectivity index (χ2n) is 5.53. The number of carboxylic acids is 1. The number of benzene rings is 2. The zero-order chi connectivity index (χ0) is 17.0. The van der Waals surface area contributed by atoms with Crippen LogP contribution in [0.5, 0.6) is 5.75 Å². The fourth-order valence-electron chi connectivity index (χ4n) is 2.35. The average Bonchev–Trinajstić information content (AvgIpc) is 2.52. The van der Waals surface area contributed by atoms with Gasteiger partial charge in [0, 0.05) is 19.8 Å². The first kappa shape index (κ1) is 16.6. The van der Waals surface area contributed by atoms with Crippen molar-refractivity contribution < 1.29 is 14.6 Å². The van der Waals surface area contributed by atoms with Crippen LogP contribution in [0.3, 0.4) is 0 Å². The van der Waals surface area contributed by atoms with Gasteiger partial charge in [-0.05, 0) is 54.0 Å². The van der Waals surface area contributed by atoms with Gasteiger partial charge in [0.1, 0.15) is 5.75 Å². The van der Waals surface area contributed by atoms with Crippen LogP contribution in [0.2, 0.25) is 0 Å². The first-order valence-electron chi connectivity index (χ1n) is 7.29. The van der Waals surface area contributed by atoms with Gasteiger partial charge in [-0.1, -0.05) is 18.2 Å². The highest BCUT2D eigenvalue weighted by molar-refractivity contribution is 6.20. The Balaban J connectivity index is 2.41. The Morgan fingerprint density at radius 2 is 1.78 bits per heavy atom. The molecule has 0 aliphatic heterocycles. The maximum Gasteiger partial charge on any atom is 0.336 e. The molecule has 0 saturated heterocycles. The molecule has 0 aliphatic carbocycles. The molecule has 0 heterocycles. The third kappa shape index (κ3) is 3.92. The van der Waals surface area contributed by atoms with Gasteiger partial charge in [-0.25, -0.2) is 4.79 Å². The van der Waals surface area contributed by atoms with E-state index >= 15 is 0 Å². The van der Waals surface area contributed by atoms with E-state index in [1.54, 1.807) is 25.3 Å². The summed E-state index contributed by atoms with van der Waals surface area (Å²) in [7, 11) is 5.53. The van der Waals surface area contributed by atoms with Crippen molar-refractivity contribution >= 4 is 23.3 Å². The van der Waals surface area contributed by atoms with E-state index < -0.39 is 5.97 Å². The van der Waals surface area contributed by atoms with Crippen molar-refractivity contribution in [3.05, 3.63) is 59.2 Å². The molecule has 1 N–H and O–H groups in total. The molecule has 0 spiro atoms. The van der Waals surface area contributed by atoms with E-state index in [2.05, 4.69) is 0 Å². The number of hydrogen-bond acceptors (Lipinski definition) is 3. The van der Waals surface area contributed by atoms with Crippen LogP contribution in [-0.4, -0.2) is 32.3 Å². The molecule has 120 valence electrons. The minimum absolute atomic E-state index is 0.258. The second-order valence-corrected chi connectivity index (χ2v) is 5.53. The molecular weight excluding hydrogens is 290 g/mol. The highest BCUT2D eigenvalue weighted by atomic mass is 16.5. The van der Waals surface area contributed by atoms with E-state index in [-0.39, 0.29) is 5.57 Å². The van der Waals surface area contributed by atoms with Crippen LogP contribution in [-0.2, 0) is 4.79 Å². The molecule has 4 nitrogen and oxygen atoms in total. The minimum atomic E-state index is -0.953. The molecule has 0 bridgehead atoms. The molecule has 0 fully saturated rings. The molecular formula is C19H21NO3. The van der Waals surface area contributed by atoms with Crippen molar-refractivity contribution in [1.29, 1.82) is 0 Å². The van der Waals surface area contributed by atoms with E-state index in [9.17, 15) is 9.90 Å². The number of anilines is 1. The third-order valence-corrected chi connectivity index (χ3v) is 3.66. The number of nitrogens with zero attached hydrogens (tertiary/aromatic N) is 1. The first-order chi connectivity index (χ1) is 10.9. The highest BCUT2D eigenvalue weighted by Gasteiger charge is 2.12. The molecule has 2 rings (SSSR count). The maximum atomic E-state index is 11.6. The summed E-state index contributed by atoms with van der Waals surface area (Å²) in [4.78, 5) is 13.6. The topological polar surface area (TPSA) is 49.8 Å². The van der Waals surface area contributed by atoms with Crippen LogP contribution in [0.1, 0.15) is 16.7 Å². The van der Waals surface area contributed by atoms with E-state index in [4.69, 9.17) is 4.74 Å². The van der Waals surface area contributed by atoms with Gasteiger partial charge < -0.3 is 14.7 Å². The van der Waals surface area contributed by atoms with Crippen molar-refractivity contribution in [1.82, 2.24) is 0 Å². The van der Waals surface area contributed by atoms with Crippen LogP contribution in [0.15, 0.2) is 42.5 Å². The lowest BCUT2D eigenvalue weighted by atomic mass is 10.0. The molecule has 0 saturated carbocycles. The largest absolute Gasteiger partial charge is 0.496 e. The SMILES string of the molecule is COc1ccc(/C(=C/c2ccc(N(C)C)cc2)C(=O)O)cc1C. The van der Waals surface area contributed by atoms with Gasteiger partial charge in [0.05, 0.1) is 12.7 Å². The number of ether oxygens (including phenoxy) is 1. The van der Waals surface area contributed by atoms with Crippen LogP contribution >= 0.6 is 0 Å². The quantitative estimate of drug-likeness (QED) is 0.676. The number of carbonyl (C=O) groups is 1. The summed E-state index contributed by atoms with van der Waals surface area (Å²) in [6.07, 6.45) is 1.68. The molecule has 2 aromatic rings. The lowest BCUT2D eigenvalue weighted by molar-refractivity contribution is -0.130. The molecule has 0 radical (unpaired) electrons. The fraction of sp³-hybridized carbons (Fsp3) is 0.211. The number of carboxylic acid groups (broad SMARTS) is 1. The normalized spacial score (nSPS) is 11.2. The average molecular weight is 311 g/mol. The zero-order valence-electron chi connectivity index (χ0n) is 13.8. The standard InChI is InChI=1S/C19H21NO3/c1-13-11-15(7-10-18(13)23-4)17(19(21)22)12-14-5-8-16(9-6-14)20(2)3/h5-12H,1-4H3,(H,21,22)/b17-12-. The Labute approximate surface area is 136 Å². The van der Waals surface area contributed by atoms with Gasteiger partial charge >= 0.3 is 5.97 Å². The summed E-state index contributed by atoms with van der Waals surface area (Å²) >= 11 is 0. The van der Waals surface area contributed by atoms with Crippen molar-refractivity contribution in [2.45, 2.75) is 6.92 Å². The highest BCUT2D eigenvalue weighted by Crippen LogP contribution is 2.25. The Bertz CT molecular complexity index is 731. The molecule has 0 aromatic heterocycles. The van der Waals surface area contributed by atoms with Crippen molar-refractivity contribution in [3.8, 4) is 5.75 Å². The summed E-state index contributed by atoms with van der Waals surface area (Å²) in [5.74, 6) is -0.208. The predicted octanol–water partition coefficient (Wildman–Crippen LogP) is 3.69. The van der Waals surface area contributed by atoms with Gasteiger partial charge in [0.2, 0.25) is 0 Å².